The fourth-order valence-electron chi connectivity index (χ4n) is 3.99. The van der Waals surface area contributed by atoms with Crippen molar-refractivity contribution in [3.05, 3.63) is 108 Å². The topological polar surface area (TPSA) is 42.9 Å². The van der Waals surface area contributed by atoms with Crippen LogP contribution in [0.5, 0.6) is 5.75 Å². The van der Waals surface area contributed by atoms with Gasteiger partial charge in [-0.05, 0) is 41.1 Å². The zero-order chi connectivity index (χ0) is 21.2. The van der Waals surface area contributed by atoms with Crippen molar-refractivity contribution >= 4 is 21.8 Å². The zero-order valence-electron chi connectivity index (χ0n) is 17.0. The summed E-state index contributed by atoms with van der Waals surface area (Å²) in [5, 5.41) is 11.0. The molecule has 0 unspecified atom stereocenters. The number of imidazole rings is 1. The Bertz CT molecular complexity index is 1430. The number of hydrogen-bond acceptors (Lipinski definition) is 2. The van der Waals surface area contributed by atoms with Gasteiger partial charge in [0.15, 0.2) is 0 Å². The van der Waals surface area contributed by atoms with Crippen molar-refractivity contribution in [2.24, 2.45) is 0 Å². The summed E-state index contributed by atoms with van der Waals surface area (Å²) in [6.45, 7) is 1.27. The van der Waals surface area contributed by atoms with Crippen molar-refractivity contribution in [3.8, 4) is 5.75 Å². The molecule has 1 heterocycles. The highest BCUT2D eigenvalue weighted by atomic mass is 19.1. The van der Waals surface area contributed by atoms with Gasteiger partial charge in [-0.15, -0.1) is 0 Å². The molecule has 0 atom stereocenters. The van der Waals surface area contributed by atoms with E-state index >= 15 is 0 Å². The van der Waals surface area contributed by atoms with E-state index in [9.17, 15) is 4.39 Å². The van der Waals surface area contributed by atoms with Crippen LogP contribution in [0.2, 0.25) is 0 Å². The van der Waals surface area contributed by atoms with E-state index in [0.29, 0.717) is 30.9 Å². The number of nitrogens with zero attached hydrogens (tertiary/aromatic N) is 2. The molecule has 5 aromatic rings. The lowest BCUT2D eigenvalue weighted by molar-refractivity contribution is 0.297. The fraction of sp³-hybridized carbons (Fsp3) is 0.115. The lowest BCUT2D eigenvalue weighted by Crippen LogP contribution is -2.27. The summed E-state index contributed by atoms with van der Waals surface area (Å²) < 4.78 is 24.0. The maximum absolute atomic E-state index is 14.2. The predicted octanol–water partition coefficient (Wildman–Crippen LogP) is 5.34. The summed E-state index contributed by atoms with van der Waals surface area (Å²) in [6, 6.07) is 28.8. The van der Waals surface area contributed by atoms with Gasteiger partial charge in [0.25, 0.3) is 0 Å². The van der Waals surface area contributed by atoms with Crippen LogP contribution in [0, 0.1) is 11.2 Å². The van der Waals surface area contributed by atoms with Gasteiger partial charge in [0.05, 0.1) is 24.1 Å². The number of fused-ring (bicyclic) bond motifs is 2. The van der Waals surface area contributed by atoms with Gasteiger partial charge in [0.2, 0.25) is 5.62 Å². The molecule has 5 rings (SSSR count). The summed E-state index contributed by atoms with van der Waals surface area (Å²) in [6.07, 6.45) is 0. The maximum atomic E-state index is 14.2. The quantitative estimate of drug-likeness (QED) is 0.403. The first kappa shape index (κ1) is 19.1. The lowest BCUT2D eigenvalue weighted by Gasteiger charge is -2.09. The summed E-state index contributed by atoms with van der Waals surface area (Å²) in [4.78, 5) is 0. The standard InChI is InChI=1S/C26H22FN3O/c27-23-10-4-3-9-21(23)18-30-25-12-6-5-11-24(25)29(26(30)28)15-16-31-22-14-13-19-7-1-2-8-20(19)17-22/h1-14,17,28H,15-16,18H2. The molecular weight excluding hydrogens is 389 g/mol. The van der Waals surface area contributed by atoms with Crippen LogP contribution in [0.3, 0.4) is 0 Å². The van der Waals surface area contributed by atoms with Crippen LogP contribution in [0.25, 0.3) is 21.8 Å². The van der Waals surface area contributed by atoms with E-state index in [1.54, 1.807) is 12.1 Å². The molecule has 0 aliphatic carbocycles. The van der Waals surface area contributed by atoms with Gasteiger partial charge < -0.3 is 13.9 Å². The molecule has 4 aromatic carbocycles. The molecule has 0 spiro atoms. The Labute approximate surface area is 179 Å². The molecule has 0 bridgehead atoms. The summed E-state index contributed by atoms with van der Waals surface area (Å²) in [7, 11) is 0. The second kappa shape index (κ2) is 8.11. The van der Waals surface area contributed by atoms with E-state index in [0.717, 1.165) is 22.2 Å². The van der Waals surface area contributed by atoms with E-state index in [-0.39, 0.29) is 5.82 Å². The second-order valence-electron chi connectivity index (χ2n) is 7.50. The van der Waals surface area contributed by atoms with Crippen molar-refractivity contribution in [3.63, 3.8) is 0 Å². The van der Waals surface area contributed by atoms with Crippen LogP contribution in [0.4, 0.5) is 4.39 Å². The number of nitrogens with one attached hydrogen (secondary N) is 1. The van der Waals surface area contributed by atoms with Gasteiger partial charge in [-0.1, -0.05) is 60.7 Å². The highest BCUT2D eigenvalue weighted by molar-refractivity contribution is 5.83. The molecule has 0 saturated carbocycles. The molecule has 0 fully saturated rings. The highest BCUT2D eigenvalue weighted by Gasteiger charge is 2.12. The Morgan fingerprint density at radius 2 is 1.42 bits per heavy atom. The van der Waals surface area contributed by atoms with E-state index in [4.69, 9.17) is 10.1 Å². The number of benzene rings is 4. The number of para-hydroxylation sites is 2. The molecule has 154 valence electrons. The third-order valence-electron chi connectivity index (χ3n) is 5.57. The normalized spacial score (nSPS) is 11.3. The van der Waals surface area contributed by atoms with Gasteiger partial charge in [0, 0.05) is 5.56 Å². The van der Waals surface area contributed by atoms with Crippen molar-refractivity contribution in [1.82, 2.24) is 9.13 Å². The van der Waals surface area contributed by atoms with E-state index in [2.05, 4.69) is 12.1 Å². The molecule has 0 aliphatic rings. The van der Waals surface area contributed by atoms with Gasteiger partial charge in [-0.25, -0.2) is 4.39 Å². The summed E-state index contributed by atoms with van der Waals surface area (Å²) in [5.41, 5.74) is 2.73. The molecule has 31 heavy (non-hydrogen) atoms. The smallest absolute Gasteiger partial charge is 0.203 e. The minimum absolute atomic E-state index is 0.258. The van der Waals surface area contributed by atoms with E-state index in [1.807, 2.05) is 69.8 Å². The number of rotatable bonds is 6. The van der Waals surface area contributed by atoms with Crippen LogP contribution in [-0.4, -0.2) is 15.7 Å². The van der Waals surface area contributed by atoms with E-state index in [1.165, 1.54) is 11.5 Å². The molecular formula is C26H22FN3O. The van der Waals surface area contributed by atoms with Gasteiger partial charge >= 0.3 is 0 Å². The van der Waals surface area contributed by atoms with Crippen molar-refractivity contribution in [2.45, 2.75) is 13.1 Å². The number of aromatic nitrogens is 2. The molecule has 0 aliphatic heterocycles. The average Bonchev–Trinajstić information content (AvgIpc) is 3.06. The van der Waals surface area contributed by atoms with Crippen LogP contribution in [0.1, 0.15) is 5.56 Å². The average molecular weight is 411 g/mol. The Hall–Kier alpha value is -3.86. The zero-order valence-corrected chi connectivity index (χ0v) is 17.0. The highest BCUT2D eigenvalue weighted by Crippen LogP contribution is 2.21. The summed E-state index contributed by atoms with van der Waals surface area (Å²) >= 11 is 0. The Morgan fingerprint density at radius 1 is 0.742 bits per heavy atom. The first-order valence-electron chi connectivity index (χ1n) is 10.3. The SMILES string of the molecule is N=c1n(CCOc2ccc3ccccc3c2)c2ccccc2n1Cc1ccccc1F. The molecule has 0 radical (unpaired) electrons. The van der Waals surface area contributed by atoms with Crippen LogP contribution >= 0.6 is 0 Å². The van der Waals surface area contributed by atoms with Crippen molar-refractivity contribution in [1.29, 1.82) is 5.41 Å². The van der Waals surface area contributed by atoms with Crippen molar-refractivity contribution in [2.75, 3.05) is 6.61 Å². The monoisotopic (exact) mass is 411 g/mol. The maximum Gasteiger partial charge on any atom is 0.203 e. The van der Waals surface area contributed by atoms with Crippen molar-refractivity contribution < 1.29 is 9.13 Å². The molecule has 1 N–H and O–H groups in total. The van der Waals surface area contributed by atoms with Crippen LogP contribution in [-0.2, 0) is 13.1 Å². The second-order valence-corrected chi connectivity index (χ2v) is 7.50. The minimum Gasteiger partial charge on any atom is -0.492 e. The molecule has 1 aromatic heterocycles. The minimum atomic E-state index is -0.258. The van der Waals surface area contributed by atoms with Gasteiger partial charge in [0.1, 0.15) is 18.2 Å². The summed E-state index contributed by atoms with van der Waals surface area (Å²) in [5.74, 6) is 0.548. The number of hydrogen-bond donors (Lipinski definition) is 1. The Kier molecular flexibility index (Phi) is 5.00. The fourth-order valence-corrected chi connectivity index (χ4v) is 3.99. The van der Waals surface area contributed by atoms with E-state index < -0.39 is 0 Å². The number of ether oxygens (including phenoxy) is 1. The van der Waals surface area contributed by atoms with Gasteiger partial charge in [-0.2, -0.15) is 0 Å². The third kappa shape index (κ3) is 3.70. The van der Waals surface area contributed by atoms with Crippen LogP contribution < -0.4 is 10.4 Å². The molecule has 0 saturated heterocycles. The largest absolute Gasteiger partial charge is 0.492 e. The van der Waals surface area contributed by atoms with Crippen LogP contribution in [0.15, 0.2) is 91.0 Å². The Balaban J connectivity index is 1.41. The molecule has 5 heteroatoms. The Morgan fingerprint density at radius 3 is 2.23 bits per heavy atom. The lowest BCUT2D eigenvalue weighted by atomic mass is 10.1. The number of halogens is 1. The molecule has 0 amide bonds. The first-order valence-corrected chi connectivity index (χ1v) is 10.3. The van der Waals surface area contributed by atoms with Gasteiger partial charge in [-0.3, -0.25) is 5.41 Å². The molecule has 4 nitrogen and oxygen atoms in total. The predicted molar refractivity (Wildman–Crippen MR) is 121 cm³/mol. The third-order valence-corrected chi connectivity index (χ3v) is 5.57. The first-order chi connectivity index (χ1) is 15.2.